The van der Waals surface area contributed by atoms with Gasteiger partial charge in [0, 0.05) is 26.1 Å². The Morgan fingerprint density at radius 2 is 2.25 bits per heavy atom. The first-order chi connectivity index (χ1) is 9.51. The summed E-state index contributed by atoms with van der Waals surface area (Å²) in [7, 11) is 3.02. The van der Waals surface area contributed by atoms with Crippen molar-refractivity contribution in [3.8, 4) is 0 Å². The predicted molar refractivity (Wildman–Crippen MR) is 71.0 cm³/mol. The van der Waals surface area contributed by atoms with E-state index in [9.17, 15) is 14.3 Å². The molecule has 1 amide bonds. The van der Waals surface area contributed by atoms with Crippen LogP contribution < -0.4 is 0 Å². The summed E-state index contributed by atoms with van der Waals surface area (Å²) in [5.74, 6) is -0.657. The molecule has 0 aliphatic carbocycles. The van der Waals surface area contributed by atoms with Crippen LogP contribution in [0.3, 0.4) is 0 Å². The van der Waals surface area contributed by atoms with Gasteiger partial charge in [-0.05, 0) is 24.3 Å². The van der Waals surface area contributed by atoms with Crippen LogP contribution in [0, 0.1) is 5.82 Å². The van der Waals surface area contributed by atoms with Gasteiger partial charge in [-0.15, -0.1) is 0 Å². The van der Waals surface area contributed by atoms with Crippen molar-refractivity contribution < 1.29 is 23.4 Å². The number of hydrogen-bond acceptors (Lipinski definition) is 4. The SMILES string of the molecule is COCC(O)CN(C)C(=O)c1cc2cc(F)ccc2o1. The summed E-state index contributed by atoms with van der Waals surface area (Å²) < 4.78 is 23.3. The van der Waals surface area contributed by atoms with Crippen LogP contribution in [0.4, 0.5) is 4.39 Å². The molecule has 0 bridgehead atoms. The molecule has 108 valence electrons. The molecule has 1 unspecified atom stereocenters. The molecule has 2 rings (SSSR count). The number of rotatable bonds is 5. The molecule has 1 heterocycles. The third-order valence-electron chi connectivity index (χ3n) is 2.88. The van der Waals surface area contributed by atoms with E-state index in [1.807, 2.05) is 0 Å². The van der Waals surface area contributed by atoms with Gasteiger partial charge in [-0.3, -0.25) is 4.79 Å². The van der Waals surface area contributed by atoms with Crippen molar-refractivity contribution in [2.45, 2.75) is 6.10 Å². The smallest absolute Gasteiger partial charge is 0.289 e. The van der Waals surface area contributed by atoms with E-state index in [-0.39, 0.29) is 30.6 Å². The Morgan fingerprint density at radius 1 is 1.50 bits per heavy atom. The minimum atomic E-state index is -0.768. The number of amides is 1. The maximum Gasteiger partial charge on any atom is 0.289 e. The van der Waals surface area contributed by atoms with E-state index in [4.69, 9.17) is 9.15 Å². The summed E-state index contributed by atoms with van der Waals surface area (Å²) >= 11 is 0. The largest absolute Gasteiger partial charge is 0.451 e. The van der Waals surface area contributed by atoms with Gasteiger partial charge in [0.2, 0.25) is 0 Å². The van der Waals surface area contributed by atoms with Gasteiger partial charge in [0.25, 0.3) is 5.91 Å². The van der Waals surface area contributed by atoms with Crippen molar-refractivity contribution in [2.24, 2.45) is 0 Å². The van der Waals surface area contributed by atoms with E-state index in [1.165, 1.54) is 36.3 Å². The highest BCUT2D eigenvalue weighted by molar-refractivity contribution is 5.95. The molecule has 0 aliphatic rings. The van der Waals surface area contributed by atoms with Crippen LogP contribution in [0.2, 0.25) is 0 Å². The number of aliphatic hydroxyl groups excluding tert-OH is 1. The number of nitrogens with zero attached hydrogens (tertiary/aromatic N) is 1. The topological polar surface area (TPSA) is 62.9 Å². The number of halogens is 1. The molecule has 0 spiro atoms. The fourth-order valence-electron chi connectivity index (χ4n) is 1.95. The fourth-order valence-corrected chi connectivity index (χ4v) is 1.95. The van der Waals surface area contributed by atoms with Crippen molar-refractivity contribution in [1.29, 1.82) is 0 Å². The Balaban J connectivity index is 2.14. The van der Waals surface area contributed by atoms with Gasteiger partial charge >= 0.3 is 0 Å². The third-order valence-corrected chi connectivity index (χ3v) is 2.88. The lowest BCUT2D eigenvalue weighted by atomic mass is 10.2. The Hall–Kier alpha value is -1.92. The average molecular weight is 281 g/mol. The van der Waals surface area contributed by atoms with Gasteiger partial charge in [0.05, 0.1) is 12.7 Å². The summed E-state index contributed by atoms with van der Waals surface area (Å²) in [5.41, 5.74) is 0.445. The summed E-state index contributed by atoms with van der Waals surface area (Å²) in [6.07, 6.45) is -0.768. The monoisotopic (exact) mass is 281 g/mol. The molecular weight excluding hydrogens is 265 g/mol. The Morgan fingerprint density at radius 3 is 2.95 bits per heavy atom. The molecule has 1 N–H and O–H groups in total. The first-order valence-electron chi connectivity index (χ1n) is 6.13. The van der Waals surface area contributed by atoms with Crippen molar-refractivity contribution in [3.63, 3.8) is 0 Å². The van der Waals surface area contributed by atoms with Gasteiger partial charge in [-0.25, -0.2) is 4.39 Å². The Bertz CT molecular complexity index is 610. The molecule has 2 aromatic rings. The van der Waals surface area contributed by atoms with Gasteiger partial charge < -0.3 is 19.2 Å². The van der Waals surface area contributed by atoms with Crippen LogP contribution in [0.15, 0.2) is 28.7 Å². The van der Waals surface area contributed by atoms with Crippen LogP contribution in [0.5, 0.6) is 0 Å². The van der Waals surface area contributed by atoms with E-state index < -0.39 is 6.10 Å². The number of ether oxygens (including phenoxy) is 1. The molecule has 0 fully saturated rings. The second-order valence-electron chi connectivity index (χ2n) is 4.59. The summed E-state index contributed by atoms with van der Waals surface area (Å²) in [6, 6.07) is 5.53. The molecular formula is C14H16FNO4. The minimum absolute atomic E-state index is 0.109. The standard InChI is InChI=1S/C14H16FNO4/c1-16(7-11(17)8-19-2)14(18)13-6-9-5-10(15)3-4-12(9)20-13/h3-6,11,17H,7-8H2,1-2H3. The number of furan rings is 1. The number of likely N-dealkylation sites (N-methyl/N-ethyl adjacent to an activating group) is 1. The van der Waals surface area contributed by atoms with E-state index in [2.05, 4.69) is 0 Å². The number of methoxy groups -OCH3 is 1. The zero-order chi connectivity index (χ0) is 14.7. The molecule has 0 radical (unpaired) electrons. The lowest BCUT2D eigenvalue weighted by Crippen LogP contribution is -2.36. The molecule has 1 atom stereocenters. The first kappa shape index (κ1) is 14.5. The zero-order valence-corrected chi connectivity index (χ0v) is 11.3. The van der Waals surface area contributed by atoms with Crippen LogP contribution in [0.1, 0.15) is 10.6 Å². The number of benzene rings is 1. The van der Waals surface area contributed by atoms with Crippen LogP contribution in [-0.4, -0.2) is 49.3 Å². The third kappa shape index (κ3) is 3.15. The predicted octanol–water partition coefficient (Wildman–Crippen LogP) is 1.65. The number of aliphatic hydroxyl groups is 1. The van der Waals surface area contributed by atoms with Crippen molar-refractivity contribution >= 4 is 16.9 Å². The number of carbonyl (C=O) groups is 1. The van der Waals surface area contributed by atoms with E-state index in [0.717, 1.165) is 0 Å². The lowest BCUT2D eigenvalue weighted by Gasteiger charge is -2.19. The minimum Gasteiger partial charge on any atom is -0.451 e. The van der Waals surface area contributed by atoms with Crippen molar-refractivity contribution in [3.05, 3.63) is 35.8 Å². The number of carbonyl (C=O) groups excluding carboxylic acids is 1. The highest BCUT2D eigenvalue weighted by Crippen LogP contribution is 2.21. The molecule has 5 nitrogen and oxygen atoms in total. The van der Waals surface area contributed by atoms with E-state index in [1.54, 1.807) is 7.05 Å². The van der Waals surface area contributed by atoms with Crippen molar-refractivity contribution in [2.75, 3.05) is 27.3 Å². The average Bonchev–Trinajstić information content (AvgIpc) is 2.80. The summed E-state index contributed by atoms with van der Waals surface area (Å²) in [4.78, 5) is 13.5. The molecule has 6 heteroatoms. The highest BCUT2D eigenvalue weighted by Gasteiger charge is 2.19. The lowest BCUT2D eigenvalue weighted by molar-refractivity contribution is 0.0368. The van der Waals surface area contributed by atoms with E-state index >= 15 is 0 Å². The van der Waals surface area contributed by atoms with Gasteiger partial charge in [0.1, 0.15) is 11.4 Å². The fraction of sp³-hybridized carbons (Fsp3) is 0.357. The molecule has 0 aliphatic heterocycles. The van der Waals surface area contributed by atoms with Gasteiger partial charge in [0.15, 0.2) is 5.76 Å². The Labute approximate surface area is 115 Å². The molecule has 1 aromatic carbocycles. The van der Waals surface area contributed by atoms with E-state index in [0.29, 0.717) is 11.0 Å². The first-order valence-corrected chi connectivity index (χ1v) is 6.13. The highest BCUT2D eigenvalue weighted by atomic mass is 19.1. The second-order valence-corrected chi connectivity index (χ2v) is 4.59. The molecule has 1 aromatic heterocycles. The zero-order valence-electron chi connectivity index (χ0n) is 11.3. The normalized spacial score (nSPS) is 12.6. The van der Waals surface area contributed by atoms with Crippen molar-refractivity contribution in [1.82, 2.24) is 4.90 Å². The second kappa shape index (κ2) is 6.02. The molecule has 20 heavy (non-hydrogen) atoms. The number of hydrogen-bond donors (Lipinski definition) is 1. The summed E-state index contributed by atoms with van der Waals surface area (Å²) in [5, 5.41) is 10.1. The maximum atomic E-state index is 13.1. The van der Waals surface area contributed by atoms with Crippen LogP contribution in [0.25, 0.3) is 11.0 Å². The van der Waals surface area contributed by atoms with Crippen LogP contribution >= 0.6 is 0 Å². The van der Waals surface area contributed by atoms with Gasteiger partial charge in [-0.2, -0.15) is 0 Å². The molecule has 0 saturated heterocycles. The maximum absolute atomic E-state index is 13.1. The van der Waals surface area contributed by atoms with Gasteiger partial charge in [-0.1, -0.05) is 0 Å². The summed E-state index contributed by atoms with van der Waals surface area (Å²) in [6.45, 7) is 0.265. The molecule has 0 saturated carbocycles. The quantitative estimate of drug-likeness (QED) is 0.905. The van der Waals surface area contributed by atoms with Crippen LogP contribution in [-0.2, 0) is 4.74 Å². The number of fused-ring (bicyclic) bond motifs is 1. The Kier molecular flexibility index (Phi) is 4.36.